The Hall–Kier alpha value is -0.140. The molecule has 4 atom stereocenters. The molecular formula is C38H68BrNO4S. The van der Waals surface area contributed by atoms with Crippen LogP contribution in [0.4, 0.5) is 0 Å². The largest absolute Gasteiger partial charge is 0.461 e. The van der Waals surface area contributed by atoms with E-state index in [1.807, 2.05) is 4.31 Å². The van der Waals surface area contributed by atoms with Crippen LogP contribution in [0.1, 0.15) is 188 Å². The summed E-state index contributed by atoms with van der Waals surface area (Å²) in [5.41, 5.74) is -0.663. The quantitative estimate of drug-likeness (QED) is 0.0715. The minimum Gasteiger partial charge on any atom is -0.461 e. The summed E-state index contributed by atoms with van der Waals surface area (Å²) in [6.45, 7) is 6.80. The fourth-order valence-electron chi connectivity index (χ4n) is 9.83. The van der Waals surface area contributed by atoms with Crippen molar-refractivity contribution in [1.82, 2.24) is 4.31 Å². The number of nitrogens with zero attached hydrogens (tertiary/aromatic N) is 1. The molecular weight excluding hydrogens is 646 g/mol. The van der Waals surface area contributed by atoms with E-state index in [0.29, 0.717) is 5.92 Å². The van der Waals surface area contributed by atoms with Crippen LogP contribution in [0.25, 0.3) is 0 Å². The number of hydrogen-bond acceptors (Lipinski definition) is 4. The Labute approximate surface area is 286 Å². The summed E-state index contributed by atoms with van der Waals surface area (Å²) in [5, 5.41) is 0. The molecule has 0 aromatic rings. The molecule has 4 rings (SSSR count). The van der Waals surface area contributed by atoms with Gasteiger partial charge in [0, 0.05) is 17.5 Å². The normalized spacial score (nSPS) is 28.1. The molecule has 0 saturated heterocycles. The number of hydrogen-bond donors (Lipinski definition) is 0. The lowest BCUT2D eigenvalue weighted by atomic mass is 9.69. The van der Waals surface area contributed by atoms with E-state index in [1.54, 1.807) is 0 Å². The van der Waals surface area contributed by atoms with E-state index >= 15 is 0 Å². The van der Waals surface area contributed by atoms with Gasteiger partial charge in [-0.25, -0.2) is 8.42 Å². The molecule has 0 heterocycles. The highest BCUT2D eigenvalue weighted by molar-refractivity contribution is 9.10. The van der Waals surface area contributed by atoms with Crippen molar-refractivity contribution in [2.24, 2.45) is 16.7 Å². The Morgan fingerprint density at radius 2 is 1.27 bits per heavy atom. The third-order valence-electron chi connectivity index (χ3n) is 12.8. The first-order chi connectivity index (χ1) is 21.6. The molecule has 0 aromatic carbocycles. The van der Waals surface area contributed by atoms with Gasteiger partial charge in [-0.15, -0.1) is 0 Å². The number of carbonyl (C=O) groups is 1. The molecule has 4 aliphatic rings. The van der Waals surface area contributed by atoms with Crippen LogP contribution >= 0.6 is 15.9 Å². The summed E-state index contributed by atoms with van der Waals surface area (Å²) in [6, 6.07) is 0.293. The van der Waals surface area contributed by atoms with E-state index in [4.69, 9.17) is 4.74 Å². The monoisotopic (exact) mass is 713 g/mol. The molecule has 0 unspecified atom stereocenters. The van der Waals surface area contributed by atoms with E-state index in [1.165, 1.54) is 77.0 Å². The van der Waals surface area contributed by atoms with Gasteiger partial charge in [0.25, 0.3) is 0 Å². The lowest BCUT2D eigenvalue weighted by Crippen LogP contribution is -2.54. The van der Waals surface area contributed by atoms with Crippen molar-refractivity contribution in [3.05, 3.63) is 0 Å². The zero-order valence-corrected chi connectivity index (χ0v) is 31.7. The second-order valence-corrected chi connectivity index (χ2v) is 19.1. The van der Waals surface area contributed by atoms with Crippen LogP contribution in [-0.2, 0) is 19.6 Å². The van der Waals surface area contributed by atoms with Crippen LogP contribution in [0, 0.1) is 16.7 Å². The Morgan fingerprint density at radius 3 is 1.76 bits per heavy atom. The van der Waals surface area contributed by atoms with E-state index in [0.717, 1.165) is 89.9 Å². The second-order valence-electron chi connectivity index (χ2n) is 16.1. The van der Waals surface area contributed by atoms with E-state index < -0.39 is 15.4 Å². The first kappa shape index (κ1) is 37.7. The lowest BCUT2D eigenvalue weighted by molar-refractivity contribution is -0.156. The summed E-state index contributed by atoms with van der Waals surface area (Å²) in [4.78, 5) is 13.1. The van der Waals surface area contributed by atoms with Crippen molar-refractivity contribution < 1.29 is 17.9 Å². The maximum atomic E-state index is 14.6. The summed E-state index contributed by atoms with van der Waals surface area (Å²) >= 11 is 3.67. The van der Waals surface area contributed by atoms with Gasteiger partial charge in [0.1, 0.15) is 10.9 Å². The fourth-order valence-corrected chi connectivity index (χ4v) is 13.1. The molecule has 45 heavy (non-hydrogen) atoms. The molecule has 5 nitrogen and oxygen atoms in total. The number of halogens is 1. The second kappa shape index (κ2) is 18.0. The van der Waals surface area contributed by atoms with Crippen LogP contribution in [-0.4, -0.2) is 47.5 Å². The fraction of sp³-hybridized carbons (Fsp3) is 0.974. The van der Waals surface area contributed by atoms with E-state index in [-0.39, 0.29) is 40.2 Å². The van der Waals surface area contributed by atoms with Gasteiger partial charge < -0.3 is 4.74 Å². The molecule has 0 N–H and O–H groups in total. The van der Waals surface area contributed by atoms with Gasteiger partial charge in [0.2, 0.25) is 10.0 Å². The van der Waals surface area contributed by atoms with Crippen molar-refractivity contribution in [3.63, 3.8) is 0 Å². The molecule has 0 aliphatic heterocycles. The average molecular weight is 715 g/mol. The third-order valence-corrected chi connectivity index (χ3v) is 15.8. The zero-order chi connectivity index (χ0) is 32.3. The molecule has 4 fully saturated rings. The SMILES string of the molecule is CCCCCCCCCCCCCC[C@@H](Br)C(=O)O[C@H]1C[C@@H]2CC[C@@]1(CS(=O)(=O)N(C1CCCCC1)C1CCCCC1)C2(C)C. The van der Waals surface area contributed by atoms with Crippen LogP contribution in [0.5, 0.6) is 0 Å². The summed E-state index contributed by atoms with van der Waals surface area (Å²) < 4.78 is 37.7. The van der Waals surface area contributed by atoms with Gasteiger partial charge in [-0.3, -0.25) is 4.79 Å². The first-order valence-electron chi connectivity index (χ1n) is 19.5. The Kier molecular flexibility index (Phi) is 15.1. The van der Waals surface area contributed by atoms with Crippen LogP contribution in [0.2, 0.25) is 0 Å². The minimum absolute atomic E-state index is 0.139. The number of rotatable bonds is 20. The van der Waals surface area contributed by atoms with Crippen molar-refractivity contribution in [3.8, 4) is 0 Å². The Balaban J connectivity index is 1.29. The van der Waals surface area contributed by atoms with Crippen LogP contribution in [0.15, 0.2) is 0 Å². The first-order valence-corrected chi connectivity index (χ1v) is 22.0. The summed E-state index contributed by atoms with van der Waals surface area (Å²) in [5.74, 6) is 0.369. The van der Waals surface area contributed by atoms with Crippen molar-refractivity contribution in [1.29, 1.82) is 0 Å². The predicted octanol–water partition coefficient (Wildman–Crippen LogP) is 10.9. The number of fused-ring (bicyclic) bond motifs is 2. The number of unbranched alkanes of at least 4 members (excludes halogenated alkanes) is 11. The average Bonchev–Trinajstić information content (AvgIpc) is 3.37. The van der Waals surface area contributed by atoms with Gasteiger partial charge in [0.05, 0.1) is 5.75 Å². The van der Waals surface area contributed by atoms with Crippen LogP contribution in [0.3, 0.4) is 0 Å². The standard InChI is InChI=1S/C38H68BrNO4S/c1-4-5-6-7-8-9-10-11-12-13-14-21-26-34(39)36(41)44-35-29-31-27-28-38(35,37(31,2)3)30-45(42,43)40(32-22-17-15-18-23-32)33-24-19-16-20-25-33/h31-35H,4-30H2,1-3H3/t31-,34+,35-,38-/m0/s1. The molecule has 2 bridgehead atoms. The number of ether oxygens (including phenoxy) is 1. The maximum Gasteiger partial charge on any atom is 0.320 e. The highest BCUT2D eigenvalue weighted by Crippen LogP contribution is 2.67. The molecule has 0 aromatic heterocycles. The van der Waals surface area contributed by atoms with E-state index in [2.05, 4.69) is 36.7 Å². The summed E-state index contributed by atoms with van der Waals surface area (Å²) in [7, 11) is -3.51. The molecule has 0 amide bonds. The molecule has 0 spiro atoms. The molecule has 262 valence electrons. The number of esters is 1. The Morgan fingerprint density at radius 1 is 0.778 bits per heavy atom. The Bertz CT molecular complexity index is 972. The third kappa shape index (κ3) is 9.73. The molecule has 4 saturated carbocycles. The van der Waals surface area contributed by atoms with Gasteiger partial charge >= 0.3 is 5.97 Å². The summed E-state index contributed by atoms with van der Waals surface area (Å²) in [6.07, 6.45) is 29.8. The molecule has 4 aliphatic carbocycles. The number of alkyl halides is 1. The highest BCUT2D eigenvalue weighted by Gasteiger charge is 2.67. The topological polar surface area (TPSA) is 63.7 Å². The van der Waals surface area contributed by atoms with Crippen molar-refractivity contribution in [2.45, 2.75) is 211 Å². The smallest absolute Gasteiger partial charge is 0.320 e. The molecule has 7 heteroatoms. The zero-order valence-electron chi connectivity index (χ0n) is 29.3. The minimum atomic E-state index is -3.51. The van der Waals surface area contributed by atoms with Gasteiger partial charge in [-0.05, 0) is 62.7 Å². The van der Waals surface area contributed by atoms with Crippen molar-refractivity contribution in [2.75, 3.05) is 5.75 Å². The van der Waals surface area contributed by atoms with Gasteiger partial charge in [-0.1, -0.05) is 152 Å². The van der Waals surface area contributed by atoms with E-state index in [9.17, 15) is 13.2 Å². The predicted molar refractivity (Wildman–Crippen MR) is 191 cm³/mol. The number of sulfonamides is 1. The maximum absolute atomic E-state index is 14.6. The molecule has 0 radical (unpaired) electrons. The number of carbonyl (C=O) groups excluding carboxylic acids is 1. The van der Waals surface area contributed by atoms with Crippen LogP contribution < -0.4 is 0 Å². The van der Waals surface area contributed by atoms with Crippen molar-refractivity contribution >= 4 is 31.9 Å². The lowest BCUT2D eigenvalue weighted by Gasteiger charge is -2.46. The highest BCUT2D eigenvalue weighted by atomic mass is 79.9. The van der Waals surface area contributed by atoms with Gasteiger partial charge in [0.15, 0.2) is 0 Å². The van der Waals surface area contributed by atoms with Gasteiger partial charge in [-0.2, -0.15) is 4.31 Å².